The lowest BCUT2D eigenvalue weighted by Crippen LogP contribution is -2.46. The van der Waals surface area contributed by atoms with Gasteiger partial charge in [-0.1, -0.05) is 11.6 Å². The normalized spacial score (nSPS) is 16.2. The number of nitrogens with zero attached hydrogens (tertiary/aromatic N) is 1. The van der Waals surface area contributed by atoms with Crippen LogP contribution in [0.1, 0.15) is 52.9 Å². The number of sulfonamides is 1. The van der Waals surface area contributed by atoms with Gasteiger partial charge in [0.2, 0.25) is 10.0 Å². The highest BCUT2D eigenvalue weighted by atomic mass is 127. The van der Waals surface area contributed by atoms with E-state index in [1.807, 2.05) is 20.8 Å². The zero-order valence-corrected chi connectivity index (χ0v) is 18.5. The van der Waals surface area contributed by atoms with Gasteiger partial charge < -0.3 is 10.6 Å². The molecule has 0 spiro atoms. The number of nitrogens with one attached hydrogen (secondary N) is 3. The molecule has 0 radical (unpaired) electrons. The fourth-order valence-electron chi connectivity index (χ4n) is 2.63. The summed E-state index contributed by atoms with van der Waals surface area (Å²) in [7, 11) is -3.24. The van der Waals surface area contributed by atoms with Crippen molar-refractivity contribution >= 4 is 40.0 Å². The second-order valence-corrected chi connectivity index (χ2v) is 8.49. The molecule has 1 aliphatic carbocycles. The number of aliphatic imine (C=N–C) groups is 1. The summed E-state index contributed by atoms with van der Waals surface area (Å²) in [4.78, 5) is 4.50. The van der Waals surface area contributed by atoms with E-state index in [1.165, 1.54) is 37.5 Å². The highest BCUT2D eigenvalue weighted by molar-refractivity contribution is 14.0. The summed E-state index contributed by atoms with van der Waals surface area (Å²) in [6.07, 6.45) is 9.58. The molecule has 0 bridgehead atoms. The molecule has 8 heteroatoms. The largest absolute Gasteiger partial charge is 0.357 e. The van der Waals surface area contributed by atoms with Crippen LogP contribution in [-0.4, -0.2) is 45.8 Å². The van der Waals surface area contributed by atoms with Gasteiger partial charge in [-0.25, -0.2) is 13.1 Å². The van der Waals surface area contributed by atoms with Crippen molar-refractivity contribution in [3.05, 3.63) is 11.6 Å². The van der Waals surface area contributed by atoms with Crippen LogP contribution in [0.25, 0.3) is 0 Å². The van der Waals surface area contributed by atoms with Crippen LogP contribution in [0.4, 0.5) is 0 Å². The summed E-state index contributed by atoms with van der Waals surface area (Å²) in [5.41, 5.74) is 0.917. The molecule has 0 aliphatic heterocycles. The van der Waals surface area contributed by atoms with Crippen molar-refractivity contribution in [3.63, 3.8) is 0 Å². The Kier molecular flexibility index (Phi) is 11.1. The molecule has 0 fully saturated rings. The summed E-state index contributed by atoms with van der Waals surface area (Å²) in [6, 6.07) is 0. The maximum Gasteiger partial charge on any atom is 0.209 e. The first-order valence-corrected chi connectivity index (χ1v) is 10.3. The zero-order valence-electron chi connectivity index (χ0n) is 15.3. The van der Waals surface area contributed by atoms with E-state index in [2.05, 4.69) is 26.4 Å². The molecule has 0 aromatic rings. The monoisotopic (exact) mass is 472 g/mol. The fourth-order valence-corrected chi connectivity index (χ4v) is 3.69. The maximum atomic E-state index is 11.4. The van der Waals surface area contributed by atoms with Crippen LogP contribution in [0, 0.1) is 0 Å². The predicted octanol–water partition coefficient (Wildman–Crippen LogP) is 2.38. The second kappa shape index (κ2) is 11.3. The summed E-state index contributed by atoms with van der Waals surface area (Å²) in [5, 5.41) is 6.52. The number of halogens is 1. The fraction of sp³-hybridized carbons (Fsp3) is 0.812. The number of allylic oxidation sites excluding steroid dienone is 1. The van der Waals surface area contributed by atoms with E-state index < -0.39 is 15.6 Å². The Morgan fingerprint density at radius 3 is 2.54 bits per heavy atom. The third-order valence-corrected chi connectivity index (χ3v) is 4.49. The van der Waals surface area contributed by atoms with Crippen molar-refractivity contribution in [2.75, 3.05) is 25.9 Å². The second-order valence-electron chi connectivity index (χ2n) is 6.74. The van der Waals surface area contributed by atoms with Crippen molar-refractivity contribution in [1.82, 2.24) is 15.4 Å². The molecule has 142 valence electrons. The molecule has 24 heavy (non-hydrogen) atoms. The first-order chi connectivity index (χ1) is 10.7. The van der Waals surface area contributed by atoms with Crippen LogP contribution < -0.4 is 15.4 Å². The van der Waals surface area contributed by atoms with Gasteiger partial charge in [-0.2, -0.15) is 0 Å². The SMILES string of the molecule is CCNC(=NCC(C)(C)NS(C)(=O)=O)NCCC1=CCCCC1.I. The van der Waals surface area contributed by atoms with Gasteiger partial charge in [0.15, 0.2) is 5.96 Å². The molecule has 3 N–H and O–H groups in total. The van der Waals surface area contributed by atoms with Gasteiger partial charge in [0.1, 0.15) is 0 Å². The van der Waals surface area contributed by atoms with Crippen LogP contribution in [0.2, 0.25) is 0 Å². The minimum absolute atomic E-state index is 0. The van der Waals surface area contributed by atoms with Gasteiger partial charge in [0.25, 0.3) is 0 Å². The minimum atomic E-state index is -3.24. The van der Waals surface area contributed by atoms with E-state index in [4.69, 9.17) is 0 Å². The molecule has 0 aromatic heterocycles. The summed E-state index contributed by atoms with van der Waals surface area (Å²) in [5.74, 6) is 0.729. The zero-order chi connectivity index (χ0) is 17.3. The van der Waals surface area contributed by atoms with E-state index >= 15 is 0 Å². The molecule has 0 heterocycles. The molecular formula is C16H33IN4O2S. The third-order valence-electron chi connectivity index (χ3n) is 3.56. The number of guanidine groups is 1. The van der Waals surface area contributed by atoms with E-state index in [1.54, 1.807) is 0 Å². The molecule has 0 atom stereocenters. The van der Waals surface area contributed by atoms with Gasteiger partial charge >= 0.3 is 0 Å². The summed E-state index contributed by atoms with van der Waals surface area (Å²) >= 11 is 0. The number of rotatable bonds is 8. The average molecular weight is 472 g/mol. The Morgan fingerprint density at radius 1 is 1.29 bits per heavy atom. The van der Waals surface area contributed by atoms with E-state index in [9.17, 15) is 8.42 Å². The Balaban J connectivity index is 0.00000529. The summed E-state index contributed by atoms with van der Waals surface area (Å²) < 4.78 is 25.3. The third kappa shape index (κ3) is 11.2. The smallest absolute Gasteiger partial charge is 0.209 e. The molecule has 0 aromatic carbocycles. The van der Waals surface area contributed by atoms with E-state index in [0.29, 0.717) is 6.54 Å². The lowest BCUT2D eigenvalue weighted by atomic mass is 9.97. The Hall–Kier alpha value is -0.350. The van der Waals surface area contributed by atoms with Crippen LogP contribution in [0.5, 0.6) is 0 Å². The van der Waals surface area contributed by atoms with Crippen molar-refractivity contribution in [1.29, 1.82) is 0 Å². The van der Waals surface area contributed by atoms with Crippen molar-refractivity contribution < 1.29 is 8.42 Å². The first kappa shape index (κ1) is 23.6. The number of hydrogen-bond donors (Lipinski definition) is 3. The molecule has 1 aliphatic rings. The van der Waals surface area contributed by atoms with Crippen molar-refractivity contribution in [2.24, 2.45) is 4.99 Å². The van der Waals surface area contributed by atoms with Gasteiger partial charge in [-0.15, -0.1) is 24.0 Å². The van der Waals surface area contributed by atoms with Gasteiger partial charge in [-0.05, 0) is 52.9 Å². The minimum Gasteiger partial charge on any atom is -0.357 e. The van der Waals surface area contributed by atoms with Gasteiger partial charge in [0, 0.05) is 18.6 Å². The van der Waals surface area contributed by atoms with Gasteiger partial charge in [-0.3, -0.25) is 4.99 Å². The molecule has 0 amide bonds. The Morgan fingerprint density at radius 2 is 2.00 bits per heavy atom. The Labute approximate surface area is 164 Å². The quantitative estimate of drug-likeness (QED) is 0.219. The Bertz CT molecular complexity index is 530. The van der Waals surface area contributed by atoms with Crippen LogP contribution >= 0.6 is 24.0 Å². The topological polar surface area (TPSA) is 82.6 Å². The lowest BCUT2D eigenvalue weighted by molar-refractivity contribution is 0.464. The standard InChI is InChI=1S/C16H32N4O2S.HI/c1-5-17-15(18-12-11-14-9-7-6-8-10-14)19-13-16(2,3)20-23(4,21)22;/h9,20H,5-8,10-13H2,1-4H3,(H2,17,18,19);1H. The predicted molar refractivity (Wildman–Crippen MR) is 113 cm³/mol. The lowest BCUT2D eigenvalue weighted by Gasteiger charge is -2.23. The van der Waals surface area contributed by atoms with Crippen molar-refractivity contribution in [3.8, 4) is 0 Å². The molecule has 0 unspecified atom stereocenters. The van der Waals surface area contributed by atoms with E-state index in [0.717, 1.165) is 25.5 Å². The molecule has 0 saturated carbocycles. The number of hydrogen-bond acceptors (Lipinski definition) is 3. The van der Waals surface area contributed by atoms with Crippen LogP contribution in [0.15, 0.2) is 16.6 Å². The van der Waals surface area contributed by atoms with E-state index in [-0.39, 0.29) is 24.0 Å². The molecule has 6 nitrogen and oxygen atoms in total. The molecule has 0 saturated heterocycles. The van der Waals surface area contributed by atoms with Crippen molar-refractivity contribution in [2.45, 2.75) is 58.4 Å². The van der Waals surface area contributed by atoms with Gasteiger partial charge in [0.05, 0.1) is 12.8 Å². The molecule has 1 rings (SSSR count). The average Bonchev–Trinajstić information content (AvgIpc) is 2.43. The molecular weight excluding hydrogens is 439 g/mol. The maximum absolute atomic E-state index is 11.4. The highest BCUT2D eigenvalue weighted by Gasteiger charge is 2.21. The summed E-state index contributed by atoms with van der Waals surface area (Å²) in [6.45, 7) is 7.66. The van der Waals surface area contributed by atoms with Crippen LogP contribution in [0.3, 0.4) is 0 Å². The highest BCUT2D eigenvalue weighted by Crippen LogP contribution is 2.19. The van der Waals surface area contributed by atoms with Crippen LogP contribution in [-0.2, 0) is 10.0 Å². The first-order valence-electron chi connectivity index (χ1n) is 8.41.